The van der Waals surface area contributed by atoms with Crippen molar-refractivity contribution in [2.24, 2.45) is 0 Å². The minimum Gasteiger partial charge on any atom is -0.294 e. The molecule has 0 atom stereocenters. The lowest BCUT2D eigenvalue weighted by atomic mass is 10.2. The SMILES string of the molecule is O=c1ccn(Cc2nc(-c3ccncc3Cl)cs2)c(=O)[nH]1. The van der Waals surface area contributed by atoms with E-state index in [1.165, 1.54) is 28.2 Å². The zero-order valence-electron chi connectivity index (χ0n) is 10.6. The molecule has 0 aromatic carbocycles. The van der Waals surface area contributed by atoms with Crippen molar-refractivity contribution in [3.63, 3.8) is 0 Å². The summed E-state index contributed by atoms with van der Waals surface area (Å²) in [4.78, 5) is 33.2. The van der Waals surface area contributed by atoms with Gasteiger partial charge in [-0.1, -0.05) is 11.6 Å². The second-order valence-electron chi connectivity index (χ2n) is 4.22. The van der Waals surface area contributed by atoms with Crippen LogP contribution in [-0.4, -0.2) is 19.5 Å². The number of pyridine rings is 1. The van der Waals surface area contributed by atoms with Gasteiger partial charge in [-0.25, -0.2) is 9.78 Å². The Balaban J connectivity index is 1.91. The van der Waals surface area contributed by atoms with E-state index in [0.29, 0.717) is 11.6 Å². The van der Waals surface area contributed by atoms with E-state index in [2.05, 4.69) is 15.0 Å². The second kappa shape index (κ2) is 5.63. The molecule has 1 N–H and O–H groups in total. The van der Waals surface area contributed by atoms with Gasteiger partial charge >= 0.3 is 5.69 Å². The molecule has 0 aliphatic heterocycles. The maximum absolute atomic E-state index is 11.6. The van der Waals surface area contributed by atoms with Crippen molar-refractivity contribution in [3.05, 3.63) is 67.0 Å². The summed E-state index contributed by atoms with van der Waals surface area (Å²) < 4.78 is 1.39. The molecule has 0 bridgehead atoms. The van der Waals surface area contributed by atoms with Gasteiger partial charge in [0.1, 0.15) is 5.01 Å². The minimum atomic E-state index is -0.457. The molecule has 0 amide bonds. The Bertz CT molecular complexity index is 899. The van der Waals surface area contributed by atoms with Crippen LogP contribution in [0.3, 0.4) is 0 Å². The molecule has 0 saturated heterocycles. The number of hydrogen-bond donors (Lipinski definition) is 1. The number of aromatic amines is 1. The van der Waals surface area contributed by atoms with Gasteiger partial charge in [0.25, 0.3) is 5.56 Å². The smallest absolute Gasteiger partial charge is 0.294 e. The average Bonchev–Trinajstić information content (AvgIpc) is 2.91. The van der Waals surface area contributed by atoms with Crippen molar-refractivity contribution < 1.29 is 0 Å². The molecule has 0 aliphatic carbocycles. The Hall–Kier alpha value is -2.25. The molecule has 3 heterocycles. The Labute approximate surface area is 127 Å². The van der Waals surface area contributed by atoms with Crippen LogP contribution >= 0.6 is 22.9 Å². The maximum Gasteiger partial charge on any atom is 0.328 e. The molecule has 0 spiro atoms. The van der Waals surface area contributed by atoms with E-state index in [4.69, 9.17) is 11.6 Å². The molecule has 8 heteroatoms. The standard InChI is InChI=1S/C13H9ClN4O2S/c14-9-5-15-3-1-8(9)10-7-21-12(16-10)6-18-4-2-11(19)17-13(18)20/h1-5,7H,6H2,(H,17,19,20). The third-order valence-electron chi connectivity index (χ3n) is 2.80. The van der Waals surface area contributed by atoms with E-state index in [0.717, 1.165) is 16.3 Å². The molecule has 6 nitrogen and oxygen atoms in total. The number of H-pyrrole nitrogens is 1. The summed E-state index contributed by atoms with van der Waals surface area (Å²) in [5, 5.41) is 3.13. The van der Waals surface area contributed by atoms with Crippen LogP contribution in [-0.2, 0) is 6.54 Å². The Morgan fingerprint density at radius 3 is 2.95 bits per heavy atom. The third-order valence-corrected chi connectivity index (χ3v) is 3.94. The molecular weight excluding hydrogens is 312 g/mol. The summed E-state index contributed by atoms with van der Waals surface area (Å²) >= 11 is 7.50. The van der Waals surface area contributed by atoms with Crippen LogP contribution in [0.1, 0.15) is 5.01 Å². The van der Waals surface area contributed by atoms with Crippen LogP contribution in [0, 0.1) is 0 Å². The number of hydrogen-bond acceptors (Lipinski definition) is 5. The highest BCUT2D eigenvalue weighted by atomic mass is 35.5. The van der Waals surface area contributed by atoms with Gasteiger partial charge in [0.2, 0.25) is 0 Å². The second-order valence-corrected chi connectivity index (χ2v) is 5.57. The number of rotatable bonds is 3. The maximum atomic E-state index is 11.6. The van der Waals surface area contributed by atoms with Gasteiger partial charge in [0, 0.05) is 35.6 Å². The average molecular weight is 321 g/mol. The first-order valence-electron chi connectivity index (χ1n) is 5.97. The number of nitrogens with one attached hydrogen (secondary N) is 1. The molecule has 0 saturated carbocycles. The largest absolute Gasteiger partial charge is 0.328 e. The van der Waals surface area contributed by atoms with E-state index in [1.54, 1.807) is 18.5 Å². The van der Waals surface area contributed by atoms with E-state index in [9.17, 15) is 9.59 Å². The summed E-state index contributed by atoms with van der Waals surface area (Å²) in [6, 6.07) is 3.09. The number of thiazole rings is 1. The number of halogens is 1. The Kier molecular flexibility index (Phi) is 3.68. The fourth-order valence-electron chi connectivity index (χ4n) is 1.80. The van der Waals surface area contributed by atoms with E-state index < -0.39 is 11.2 Å². The van der Waals surface area contributed by atoms with Crippen LogP contribution in [0.15, 0.2) is 45.7 Å². The van der Waals surface area contributed by atoms with E-state index >= 15 is 0 Å². The lowest BCUT2D eigenvalue weighted by Gasteiger charge is -2.01. The van der Waals surface area contributed by atoms with Crippen molar-refractivity contribution >= 4 is 22.9 Å². The zero-order valence-corrected chi connectivity index (χ0v) is 12.2. The number of aromatic nitrogens is 4. The quantitative estimate of drug-likeness (QED) is 0.797. The highest BCUT2D eigenvalue weighted by molar-refractivity contribution is 7.09. The topological polar surface area (TPSA) is 80.6 Å². The Morgan fingerprint density at radius 2 is 2.19 bits per heavy atom. The first-order valence-corrected chi connectivity index (χ1v) is 7.23. The van der Waals surface area contributed by atoms with Gasteiger partial charge in [0.15, 0.2) is 0 Å². The van der Waals surface area contributed by atoms with Crippen LogP contribution in [0.2, 0.25) is 5.02 Å². The van der Waals surface area contributed by atoms with Gasteiger partial charge in [0.05, 0.1) is 17.3 Å². The molecular formula is C13H9ClN4O2S. The molecule has 3 rings (SSSR count). The Morgan fingerprint density at radius 1 is 1.33 bits per heavy atom. The molecule has 106 valence electrons. The zero-order chi connectivity index (χ0) is 14.8. The third kappa shape index (κ3) is 2.93. The van der Waals surface area contributed by atoms with Crippen molar-refractivity contribution in [2.75, 3.05) is 0 Å². The van der Waals surface area contributed by atoms with Crippen molar-refractivity contribution in [3.8, 4) is 11.3 Å². The molecule has 0 radical (unpaired) electrons. The first-order chi connectivity index (χ1) is 10.1. The summed E-state index contributed by atoms with van der Waals surface area (Å²) in [5.74, 6) is 0. The highest BCUT2D eigenvalue weighted by Crippen LogP contribution is 2.27. The molecule has 3 aromatic heterocycles. The summed E-state index contributed by atoms with van der Waals surface area (Å²) in [7, 11) is 0. The lowest BCUT2D eigenvalue weighted by Crippen LogP contribution is -2.28. The van der Waals surface area contributed by atoms with Crippen LogP contribution < -0.4 is 11.2 Å². The molecule has 0 aliphatic rings. The van der Waals surface area contributed by atoms with E-state index in [-0.39, 0.29) is 0 Å². The van der Waals surface area contributed by atoms with Crippen molar-refractivity contribution in [1.82, 2.24) is 19.5 Å². The van der Waals surface area contributed by atoms with Gasteiger partial charge in [-0.2, -0.15) is 0 Å². The highest BCUT2D eigenvalue weighted by Gasteiger charge is 2.09. The summed E-state index contributed by atoms with van der Waals surface area (Å²) in [6.45, 7) is 0.295. The fourth-order valence-corrected chi connectivity index (χ4v) is 2.81. The van der Waals surface area contributed by atoms with Crippen molar-refractivity contribution in [1.29, 1.82) is 0 Å². The molecule has 21 heavy (non-hydrogen) atoms. The molecule has 0 unspecified atom stereocenters. The number of nitrogens with zero attached hydrogens (tertiary/aromatic N) is 3. The van der Waals surface area contributed by atoms with E-state index in [1.807, 2.05) is 5.38 Å². The fraction of sp³-hybridized carbons (Fsp3) is 0.0769. The van der Waals surface area contributed by atoms with Crippen LogP contribution in [0.4, 0.5) is 0 Å². The first kappa shape index (κ1) is 13.7. The predicted molar refractivity (Wildman–Crippen MR) is 80.8 cm³/mol. The summed E-state index contributed by atoms with van der Waals surface area (Å²) in [6.07, 6.45) is 4.65. The molecule has 0 fully saturated rings. The summed E-state index contributed by atoms with van der Waals surface area (Å²) in [5.41, 5.74) is 0.656. The van der Waals surface area contributed by atoms with Gasteiger partial charge in [-0.05, 0) is 6.07 Å². The van der Waals surface area contributed by atoms with Gasteiger partial charge in [-0.15, -0.1) is 11.3 Å². The monoisotopic (exact) mass is 320 g/mol. The van der Waals surface area contributed by atoms with Crippen molar-refractivity contribution in [2.45, 2.75) is 6.54 Å². The van der Waals surface area contributed by atoms with Crippen LogP contribution in [0.25, 0.3) is 11.3 Å². The van der Waals surface area contributed by atoms with Crippen LogP contribution in [0.5, 0.6) is 0 Å². The van der Waals surface area contributed by atoms with Gasteiger partial charge < -0.3 is 0 Å². The minimum absolute atomic E-state index is 0.295. The molecule has 3 aromatic rings. The normalized spacial score (nSPS) is 10.7. The predicted octanol–water partition coefficient (Wildman–Crippen LogP) is 1.76. The lowest BCUT2D eigenvalue weighted by molar-refractivity contribution is 0.717. The van der Waals surface area contributed by atoms with Gasteiger partial charge in [-0.3, -0.25) is 19.3 Å².